The van der Waals surface area contributed by atoms with Crippen LogP contribution in [0.5, 0.6) is 0 Å². The van der Waals surface area contributed by atoms with Crippen molar-refractivity contribution in [2.24, 2.45) is 0 Å². The molecular formula is C8H9NO2. The van der Waals surface area contributed by atoms with Crippen LogP contribution in [0.25, 0.3) is 0 Å². The lowest BCUT2D eigenvalue weighted by molar-refractivity contribution is -0.111. The van der Waals surface area contributed by atoms with Gasteiger partial charge in [-0.3, -0.25) is 15.5 Å². The summed E-state index contributed by atoms with van der Waals surface area (Å²) in [5.41, 5.74) is 1.45. The molecule has 3 nitrogen and oxygen atoms in total. The van der Waals surface area contributed by atoms with E-state index in [1.807, 2.05) is 0 Å². The van der Waals surface area contributed by atoms with Crippen LogP contribution in [0.1, 0.15) is 12.4 Å². The highest BCUT2D eigenvalue weighted by atomic mass is 16.5. The smallest absolute Gasteiger partial charge is 0.187 e. The van der Waals surface area contributed by atoms with Crippen molar-refractivity contribution in [3.8, 4) is 0 Å². The first-order valence-corrected chi connectivity index (χ1v) is 2.93. The lowest BCUT2D eigenvalue weighted by atomic mass is 10.1. The van der Waals surface area contributed by atoms with E-state index in [0.29, 0.717) is 0 Å². The summed E-state index contributed by atoms with van der Waals surface area (Å²) in [6.45, 7) is 1.34. The third-order valence-corrected chi connectivity index (χ3v) is 1.20. The van der Waals surface area contributed by atoms with Gasteiger partial charge in [0.05, 0.1) is 5.48 Å². The normalized spacial score (nSPS) is 29.1. The van der Waals surface area contributed by atoms with Crippen molar-refractivity contribution in [3.05, 3.63) is 35.5 Å². The van der Waals surface area contributed by atoms with Crippen LogP contribution in [-0.2, 0) is 4.79 Å². The van der Waals surface area contributed by atoms with Gasteiger partial charge in [0, 0.05) is 11.3 Å². The molecule has 0 aromatic rings. The summed E-state index contributed by atoms with van der Waals surface area (Å²) in [7, 11) is 0. The summed E-state index contributed by atoms with van der Waals surface area (Å²) in [5, 5.41) is 8.61. The molecule has 3 heteroatoms. The quantitative estimate of drug-likeness (QED) is 0.437. The Morgan fingerprint density at radius 3 is 2.91 bits per heavy atom. The van der Waals surface area contributed by atoms with Crippen molar-refractivity contribution in [1.82, 2.24) is 5.48 Å². The summed E-state index contributed by atoms with van der Waals surface area (Å²) < 4.78 is 29.3. The van der Waals surface area contributed by atoms with Gasteiger partial charge in [-0.05, 0) is 19.0 Å². The summed E-state index contributed by atoms with van der Waals surface area (Å²) in [5.74, 6) is -0.833. The molecule has 11 heavy (non-hydrogen) atoms. The number of hydrogen-bond donors (Lipinski definition) is 2. The minimum absolute atomic E-state index is 0.00741. The molecule has 58 valence electrons. The molecule has 2 N–H and O–H groups in total. The van der Waals surface area contributed by atoms with Gasteiger partial charge in [-0.25, -0.2) is 0 Å². The lowest BCUT2D eigenvalue weighted by Gasteiger charge is -2.05. The number of hydrogen-bond acceptors (Lipinski definition) is 3. The summed E-state index contributed by atoms with van der Waals surface area (Å²) >= 11 is 0. The molecule has 0 amide bonds. The number of nitrogens with one attached hydrogen (secondary N) is 1. The monoisotopic (exact) mass is 155 g/mol. The van der Waals surface area contributed by atoms with Gasteiger partial charge in [0.1, 0.15) is 0 Å². The van der Waals surface area contributed by atoms with Gasteiger partial charge in [-0.1, -0.05) is 12.1 Å². The molecule has 0 spiro atoms. The number of hydroxylamine groups is 1. The van der Waals surface area contributed by atoms with Crippen LogP contribution in [0, 0.1) is 0 Å². The van der Waals surface area contributed by atoms with E-state index in [1.54, 1.807) is 5.48 Å². The number of allylic oxidation sites excluding steroid dienone is 6. The zero-order valence-corrected chi connectivity index (χ0v) is 5.86. The fraction of sp³-hybridized carbons (Fsp3) is 0.125. The van der Waals surface area contributed by atoms with E-state index >= 15 is 0 Å². The van der Waals surface area contributed by atoms with Crippen LogP contribution in [0.3, 0.4) is 0 Å². The first-order valence-electron chi connectivity index (χ1n) is 4.93. The minimum atomic E-state index is -0.833. The fourth-order valence-electron chi connectivity index (χ4n) is 0.621. The highest BCUT2D eigenvalue weighted by molar-refractivity contribution is 6.07. The van der Waals surface area contributed by atoms with Crippen LogP contribution in [-0.4, -0.2) is 11.0 Å². The second-order valence-electron chi connectivity index (χ2n) is 1.94. The molecule has 1 rings (SSSR count). The molecule has 0 aromatic heterocycles. The minimum Gasteiger partial charge on any atom is -0.291 e. The Hall–Kier alpha value is -1.35. The highest BCUT2D eigenvalue weighted by Gasteiger charge is 2.08. The summed E-state index contributed by atoms with van der Waals surface area (Å²) in [4.78, 5) is 11.5. The SMILES string of the molecule is [2H]C1=C([2H])C([2H])=C([2H])/C(=C(/C)NO)C1=O. The Bertz CT molecular complexity index is 422. The van der Waals surface area contributed by atoms with E-state index in [4.69, 9.17) is 10.7 Å². The van der Waals surface area contributed by atoms with E-state index in [1.165, 1.54) is 6.92 Å². The molecule has 0 aliphatic heterocycles. The molecule has 0 radical (unpaired) electrons. The van der Waals surface area contributed by atoms with Crippen molar-refractivity contribution in [2.75, 3.05) is 0 Å². The Morgan fingerprint density at radius 1 is 1.64 bits per heavy atom. The largest absolute Gasteiger partial charge is 0.291 e. The lowest BCUT2D eigenvalue weighted by Crippen LogP contribution is -2.11. The Kier molecular flexibility index (Phi) is 1.11. The molecular weight excluding hydrogens is 142 g/mol. The first-order chi connectivity index (χ1) is 6.91. The molecule has 0 bridgehead atoms. The zero-order chi connectivity index (χ0) is 11.7. The van der Waals surface area contributed by atoms with Gasteiger partial charge in [0.15, 0.2) is 5.78 Å². The maximum absolute atomic E-state index is 11.5. The van der Waals surface area contributed by atoms with Crippen LogP contribution in [0.15, 0.2) is 35.5 Å². The maximum Gasteiger partial charge on any atom is 0.187 e. The van der Waals surface area contributed by atoms with Gasteiger partial charge in [0.2, 0.25) is 0 Å². The average Bonchev–Trinajstić information content (AvgIpc) is 2.23. The molecule has 0 atom stereocenters. The van der Waals surface area contributed by atoms with Crippen molar-refractivity contribution in [1.29, 1.82) is 0 Å². The Morgan fingerprint density at radius 2 is 2.27 bits per heavy atom. The molecule has 0 heterocycles. The second-order valence-corrected chi connectivity index (χ2v) is 1.94. The number of ketones is 1. The second kappa shape index (κ2) is 3.16. The predicted molar refractivity (Wildman–Crippen MR) is 40.9 cm³/mol. The van der Waals surface area contributed by atoms with Crippen molar-refractivity contribution in [3.63, 3.8) is 0 Å². The van der Waals surface area contributed by atoms with Crippen LogP contribution in [0.4, 0.5) is 0 Å². The van der Waals surface area contributed by atoms with E-state index < -0.39 is 30.0 Å². The van der Waals surface area contributed by atoms with Gasteiger partial charge in [-0.15, -0.1) is 0 Å². The molecule has 0 saturated carbocycles. The van der Waals surface area contributed by atoms with Crippen molar-refractivity contribution >= 4 is 5.78 Å². The van der Waals surface area contributed by atoms with Gasteiger partial charge in [-0.2, -0.15) is 0 Å². The number of carbonyl (C=O) groups is 1. The molecule has 1 aliphatic carbocycles. The standard InChI is InChI=1S/C8H9NO2/c1-6(9-11)7-4-2-3-5-8(7)10/h2-5,9,11H,1H3/b7-6+/i2D,3D,4D,5D. The third-order valence-electron chi connectivity index (χ3n) is 1.20. The summed E-state index contributed by atoms with van der Waals surface area (Å²) in [6.07, 6.45) is 0. The van der Waals surface area contributed by atoms with Gasteiger partial charge < -0.3 is 0 Å². The van der Waals surface area contributed by atoms with Crippen molar-refractivity contribution in [2.45, 2.75) is 6.92 Å². The molecule has 0 unspecified atom stereocenters. The highest BCUT2D eigenvalue weighted by Crippen LogP contribution is 2.09. The van der Waals surface area contributed by atoms with E-state index in [0.717, 1.165) is 0 Å². The number of carbonyl (C=O) groups excluding carboxylic acids is 1. The van der Waals surface area contributed by atoms with Crippen LogP contribution < -0.4 is 5.48 Å². The van der Waals surface area contributed by atoms with Gasteiger partial charge in [0.25, 0.3) is 0 Å². The maximum atomic E-state index is 11.5. The van der Waals surface area contributed by atoms with Crippen LogP contribution in [0.2, 0.25) is 0 Å². The Balaban J connectivity index is 3.47. The van der Waals surface area contributed by atoms with E-state index in [-0.39, 0.29) is 11.3 Å². The van der Waals surface area contributed by atoms with Gasteiger partial charge >= 0.3 is 0 Å². The molecule has 0 saturated heterocycles. The number of rotatable bonds is 1. The third kappa shape index (κ3) is 1.56. The fourth-order valence-corrected chi connectivity index (χ4v) is 0.621. The van der Waals surface area contributed by atoms with Crippen molar-refractivity contribution < 1.29 is 15.5 Å². The average molecular weight is 155 g/mol. The van der Waals surface area contributed by atoms with E-state index in [2.05, 4.69) is 0 Å². The van der Waals surface area contributed by atoms with Crippen LogP contribution >= 0.6 is 0 Å². The first kappa shape index (κ1) is 3.88. The van der Waals surface area contributed by atoms with E-state index in [9.17, 15) is 4.79 Å². The predicted octanol–water partition coefficient (Wildman–Crippen LogP) is 0.934. The molecule has 0 aromatic carbocycles. The molecule has 1 aliphatic rings. The molecule has 0 fully saturated rings. The summed E-state index contributed by atoms with van der Waals surface area (Å²) in [6, 6.07) is -2.16. The zero-order valence-electron chi connectivity index (χ0n) is 9.86. The Labute approximate surface area is 70.3 Å². The topological polar surface area (TPSA) is 49.3 Å².